The molecule has 4 N–H and O–H groups in total. The summed E-state index contributed by atoms with van der Waals surface area (Å²) < 4.78 is 0. The molecular formula is C15H22N6O3. The van der Waals surface area contributed by atoms with E-state index in [1.807, 2.05) is 4.90 Å². The largest absolute Gasteiger partial charge is 0.465 e. The number of anilines is 2. The van der Waals surface area contributed by atoms with Crippen molar-refractivity contribution < 1.29 is 14.7 Å². The van der Waals surface area contributed by atoms with Crippen molar-refractivity contribution in [2.45, 2.75) is 37.8 Å². The zero-order valence-electron chi connectivity index (χ0n) is 13.6. The van der Waals surface area contributed by atoms with Gasteiger partial charge in [-0.2, -0.15) is 4.98 Å². The lowest BCUT2D eigenvalue weighted by atomic mass is 10.1. The quantitative estimate of drug-likeness (QED) is 0.733. The monoisotopic (exact) mass is 334 g/mol. The Kier molecular flexibility index (Phi) is 4.41. The molecule has 0 atom stereocenters. The Hall–Kier alpha value is -2.58. The van der Waals surface area contributed by atoms with Gasteiger partial charge < -0.3 is 26.0 Å². The van der Waals surface area contributed by atoms with Gasteiger partial charge in [0.1, 0.15) is 11.5 Å². The molecular weight excluding hydrogens is 312 g/mol. The molecule has 0 radical (unpaired) electrons. The fourth-order valence-corrected chi connectivity index (χ4v) is 3.10. The number of nitrogen functional groups attached to an aromatic ring is 1. The fourth-order valence-electron chi connectivity index (χ4n) is 3.10. The van der Waals surface area contributed by atoms with E-state index in [0.29, 0.717) is 18.9 Å². The topological polar surface area (TPSA) is 125 Å². The minimum atomic E-state index is -0.960. The first kappa shape index (κ1) is 16.3. The van der Waals surface area contributed by atoms with Crippen molar-refractivity contribution in [3.8, 4) is 0 Å². The number of carbonyl (C=O) groups is 2. The van der Waals surface area contributed by atoms with Crippen LogP contribution in [-0.2, 0) is 0 Å². The number of carboxylic acid groups (broad SMARTS) is 1. The molecule has 0 bridgehead atoms. The molecule has 24 heavy (non-hydrogen) atoms. The second-order valence-electron chi connectivity index (χ2n) is 6.38. The highest BCUT2D eigenvalue weighted by Gasteiger charge is 2.34. The molecule has 2 amide bonds. The van der Waals surface area contributed by atoms with Crippen LogP contribution < -0.4 is 16.0 Å². The Morgan fingerprint density at radius 2 is 2.00 bits per heavy atom. The van der Waals surface area contributed by atoms with Crippen molar-refractivity contribution in [3.05, 3.63) is 11.8 Å². The van der Waals surface area contributed by atoms with Crippen molar-refractivity contribution >= 4 is 23.8 Å². The van der Waals surface area contributed by atoms with Crippen LogP contribution in [0.1, 0.15) is 36.2 Å². The number of hydrogen-bond donors (Lipinski definition) is 3. The number of aromatic nitrogens is 2. The van der Waals surface area contributed by atoms with E-state index < -0.39 is 6.09 Å². The number of rotatable bonds is 4. The van der Waals surface area contributed by atoms with Crippen LogP contribution in [0.25, 0.3) is 0 Å². The van der Waals surface area contributed by atoms with Gasteiger partial charge in [0, 0.05) is 32.2 Å². The molecule has 1 saturated heterocycles. The zero-order chi connectivity index (χ0) is 17.3. The highest BCUT2D eigenvalue weighted by Crippen LogP contribution is 2.23. The summed E-state index contributed by atoms with van der Waals surface area (Å²) in [4.78, 5) is 34.6. The minimum absolute atomic E-state index is 0.0408. The van der Waals surface area contributed by atoms with Gasteiger partial charge in [-0.15, -0.1) is 0 Å². The maximum absolute atomic E-state index is 12.3. The van der Waals surface area contributed by atoms with Gasteiger partial charge in [0.2, 0.25) is 5.95 Å². The van der Waals surface area contributed by atoms with E-state index in [-0.39, 0.29) is 29.6 Å². The SMILES string of the molecule is CN(C(=O)O)C1CN(c2cc(C(=O)NC3CCCC3)nc(N)n2)C1. The third kappa shape index (κ3) is 3.34. The normalized spacial score (nSPS) is 18.3. The summed E-state index contributed by atoms with van der Waals surface area (Å²) in [5.41, 5.74) is 5.98. The van der Waals surface area contributed by atoms with Gasteiger partial charge in [-0.25, -0.2) is 9.78 Å². The summed E-state index contributed by atoms with van der Waals surface area (Å²) >= 11 is 0. The van der Waals surface area contributed by atoms with E-state index in [2.05, 4.69) is 15.3 Å². The molecule has 1 aliphatic carbocycles. The molecule has 2 aliphatic rings. The molecule has 9 heteroatoms. The summed E-state index contributed by atoms with van der Waals surface area (Å²) in [7, 11) is 1.54. The summed E-state index contributed by atoms with van der Waals surface area (Å²) in [6, 6.07) is 1.72. The second kappa shape index (κ2) is 6.50. The Morgan fingerprint density at radius 3 is 2.62 bits per heavy atom. The first-order valence-electron chi connectivity index (χ1n) is 8.10. The van der Waals surface area contributed by atoms with E-state index in [9.17, 15) is 9.59 Å². The summed E-state index contributed by atoms with van der Waals surface area (Å²) in [6.45, 7) is 1.03. The predicted molar refractivity (Wildman–Crippen MR) is 88.0 cm³/mol. The number of amides is 2. The first-order valence-corrected chi connectivity index (χ1v) is 8.10. The Labute approximate surface area is 139 Å². The van der Waals surface area contributed by atoms with Crippen LogP contribution >= 0.6 is 0 Å². The van der Waals surface area contributed by atoms with Gasteiger partial charge in [0.05, 0.1) is 6.04 Å². The van der Waals surface area contributed by atoms with Crippen LogP contribution in [-0.4, -0.2) is 64.2 Å². The zero-order valence-corrected chi connectivity index (χ0v) is 13.6. The van der Waals surface area contributed by atoms with Crippen molar-refractivity contribution in [2.75, 3.05) is 30.8 Å². The van der Waals surface area contributed by atoms with Crippen molar-refractivity contribution in [2.24, 2.45) is 0 Å². The van der Waals surface area contributed by atoms with E-state index in [4.69, 9.17) is 10.8 Å². The highest BCUT2D eigenvalue weighted by atomic mass is 16.4. The maximum Gasteiger partial charge on any atom is 0.407 e. The van der Waals surface area contributed by atoms with Gasteiger partial charge in [-0.3, -0.25) is 4.79 Å². The Morgan fingerprint density at radius 1 is 1.33 bits per heavy atom. The van der Waals surface area contributed by atoms with Crippen molar-refractivity contribution in [3.63, 3.8) is 0 Å². The lowest BCUT2D eigenvalue weighted by Gasteiger charge is -2.43. The third-order valence-corrected chi connectivity index (χ3v) is 4.69. The van der Waals surface area contributed by atoms with E-state index in [0.717, 1.165) is 25.7 Å². The van der Waals surface area contributed by atoms with Crippen LogP contribution in [0.5, 0.6) is 0 Å². The van der Waals surface area contributed by atoms with Crippen molar-refractivity contribution in [1.29, 1.82) is 0 Å². The third-order valence-electron chi connectivity index (χ3n) is 4.69. The van der Waals surface area contributed by atoms with Crippen molar-refractivity contribution in [1.82, 2.24) is 20.2 Å². The lowest BCUT2D eigenvalue weighted by Crippen LogP contribution is -2.60. The molecule has 1 aromatic rings. The van der Waals surface area contributed by atoms with Crippen LogP contribution in [0.2, 0.25) is 0 Å². The van der Waals surface area contributed by atoms with Crippen LogP contribution in [0.15, 0.2) is 6.07 Å². The highest BCUT2D eigenvalue weighted by molar-refractivity contribution is 5.93. The van der Waals surface area contributed by atoms with Gasteiger partial charge >= 0.3 is 6.09 Å². The van der Waals surface area contributed by atoms with Crippen LogP contribution in [0.3, 0.4) is 0 Å². The molecule has 0 aromatic carbocycles. The molecule has 9 nitrogen and oxygen atoms in total. The number of carbonyl (C=O) groups excluding carboxylic acids is 1. The second-order valence-corrected chi connectivity index (χ2v) is 6.38. The summed E-state index contributed by atoms with van der Waals surface area (Å²) in [5.74, 6) is 0.352. The average molecular weight is 334 g/mol. The van der Waals surface area contributed by atoms with Gasteiger partial charge in [0.15, 0.2) is 0 Å². The first-order chi connectivity index (χ1) is 11.4. The average Bonchev–Trinajstić information content (AvgIpc) is 2.97. The number of nitrogens with one attached hydrogen (secondary N) is 1. The summed E-state index contributed by atoms with van der Waals surface area (Å²) in [6.07, 6.45) is 3.30. The summed E-state index contributed by atoms with van der Waals surface area (Å²) in [5, 5.41) is 12.0. The number of nitrogens with zero attached hydrogens (tertiary/aromatic N) is 4. The van der Waals surface area contributed by atoms with Gasteiger partial charge in [-0.05, 0) is 12.8 Å². The molecule has 2 heterocycles. The number of likely N-dealkylation sites (N-methyl/N-ethyl adjacent to an activating group) is 1. The molecule has 0 unspecified atom stereocenters. The Balaban J connectivity index is 1.66. The van der Waals surface area contributed by atoms with Crippen LogP contribution in [0, 0.1) is 0 Å². The number of nitrogens with two attached hydrogens (primary N) is 1. The Bertz CT molecular complexity index is 640. The molecule has 0 spiro atoms. The standard InChI is InChI=1S/C15H22N6O3/c1-20(15(23)24)10-7-21(8-10)12-6-11(18-14(16)19-12)13(22)17-9-4-2-3-5-9/h6,9-10H,2-5,7-8H2,1H3,(H,17,22)(H,23,24)(H2,16,18,19). The lowest BCUT2D eigenvalue weighted by molar-refractivity contribution is 0.0932. The molecule has 130 valence electrons. The van der Waals surface area contributed by atoms with E-state index in [1.165, 1.54) is 4.90 Å². The van der Waals surface area contributed by atoms with Gasteiger partial charge in [-0.1, -0.05) is 12.8 Å². The molecule has 1 aliphatic heterocycles. The number of hydrogen-bond acceptors (Lipinski definition) is 6. The molecule has 1 aromatic heterocycles. The molecule has 2 fully saturated rings. The van der Waals surface area contributed by atoms with E-state index >= 15 is 0 Å². The molecule has 1 saturated carbocycles. The maximum atomic E-state index is 12.3. The predicted octanol–water partition coefficient (Wildman–Crippen LogP) is 0.530. The van der Waals surface area contributed by atoms with E-state index in [1.54, 1.807) is 13.1 Å². The van der Waals surface area contributed by atoms with Crippen LogP contribution in [0.4, 0.5) is 16.6 Å². The van der Waals surface area contributed by atoms with Gasteiger partial charge in [0.25, 0.3) is 5.91 Å². The minimum Gasteiger partial charge on any atom is -0.465 e. The molecule has 3 rings (SSSR count). The smallest absolute Gasteiger partial charge is 0.407 e. The fraction of sp³-hybridized carbons (Fsp3) is 0.600.